The van der Waals surface area contributed by atoms with Gasteiger partial charge in [0.2, 0.25) is 0 Å². The summed E-state index contributed by atoms with van der Waals surface area (Å²) < 4.78 is 70.3. The summed E-state index contributed by atoms with van der Waals surface area (Å²) >= 11 is 0. The van der Waals surface area contributed by atoms with Gasteiger partial charge in [-0.2, -0.15) is 0 Å². The zero-order chi connectivity index (χ0) is 25.2. The number of ether oxygens (including phenoxy) is 2. The smallest absolute Gasteiger partial charge is 0.437 e. The number of carbonyl (C=O) groups excluding carboxylic acids is 1. The Hall–Kier alpha value is -4.19. The van der Waals surface area contributed by atoms with Crippen molar-refractivity contribution in [2.75, 3.05) is 11.6 Å². The Morgan fingerprint density at radius 3 is 2.14 bits per heavy atom. The Morgan fingerprint density at radius 1 is 0.886 bits per heavy atom. The molecule has 0 aliphatic heterocycles. The number of nitrogens with zero attached hydrogens (tertiary/aromatic N) is 2. The number of alkyl halides is 3. The molecule has 0 atom stereocenters. The fourth-order valence-electron chi connectivity index (χ4n) is 3.02. The molecule has 0 aliphatic rings. The van der Waals surface area contributed by atoms with E-state index in [9.17, 15) is 26.4 Å². The molecular formula is C23H16F3N3O5S. The quantitative estimate of drug-likeness (QED) is 0.396. The average Bonchev–Trinajstić information content (AvgIpc) is 2.78. The number of halogens is 3. The second-order valence-electron chi connectivity index (χ2n) is 7.24. The molecule has 0 saturated heterocycles. The van der Waals surface area contributed by atoms with Crippen molar-refractivity contribution in [3.05, 3.63) is 78.5 Å². The minimum atomic E-state index is -4.84. The molecule has 35 heavy (non-hydrogen) atoms. The fourth-order valence-corrected chi connectivity index (χ4v) is 3.69. The highest BCUT2D eigenvalue weighted by molar-refractivity contribution is 7.90. The van der Waals surface area contributed by atoms with Crippen LogP contribution >= 0.6 is 0 Å². The van der Waals surface area contributed by atoms with Gasteiger partial charge in [-0.05, 0) is 54.6 Å². The maximum absolute atomic E-state index is 13.1. The van der Waals surface area contributed by atoms with E-state index >= 15 is 0 Å². The number of hydrogen-bond acceptors (Lipinski definition) is 7. The minimum Gasteiger partial charge on any atom is -0.437 e. The predicted octanol–water partition coefficient (Wildman–Crippen LogP) is 4.98. The Balaban J connectivity index is 1.66. The van der Waals surface area contributed by atoms with E-state index in [-0.39, 0.29) is 27.9 Å². The third-order valence-electron chi connectivity index (χ3n) is 4.55. The van der Waals surface area contributed by atoms with Crippen molar-refractivity contribution in [1.82, 2.24) is 9.97 Å². The zero-order valence-corrected chi connectivity index (χ0v) is 18.7. The molecular weight excluding hydrogens is 487 g/mol. The molecule has 4 rings (SSSR count). The Bertz CT molecular complexity index is 1510. The SMILES string of the molecule is CS(=O)(=O)c1cccc(NC(=O)c2nc3ccccc3nc2Oc2ccc(OC(F)(F)F)cc2)c1. The number of amides is 1. The zero-order valence-electron chi connectivity index (χ0n) is 17.9. The summed E-state index contributed by atoms with van der Waals surface area (Å²) in [6, 6.07) is 16.9. The molecule has 8 nitrogen and oxygen atoms in total. The number of aromatic nitrogens is 2. The molecule has 1 N–H and O–H groups in total. The number of carbonyl (C=O) groups is 1. The van der Waals surface area contributed by atoms with E-state index in [2.05, 4.69) is 20.0 Å². The van der Waals surface area contributed by atoms with Crippen molar-refractivity contribution in [1.29, 1.82) is 0 Å². The summed E-state index contributed by atoms with van der Waals surface area (Å²) in [6.07, 6.45) is -3.80. The molecule has 12 heteroatoms. The lowest BCUT2D eigenvalue weighted by Gasteiger charge is -2.12. The van der Waals surface area contributed by atoms with Gasteiger partial charge >= 0.3 is 6.36 Å². The first-order valence-corrected chi connectivity index (χ1v) is 11.8. The molecule has 1 amide bonds. The van der Waals surface area contributed by atoms with Crippen LogP contribution in [0.25, 0.3) is 11.0 Å². The standard InChI is InChI=1S/C23H16F3N3O5S/c1-35(31,32)17-6-4-5-14(13-17)27-21(30)20-22(29-19-8-3-2-7-18(19)28-20)33-15-9-11-16(12-10-15)34-23(24,25)26/h2-13H,1H3,(H,27,30). The molecule has 1 heterocycles. The van der Waals surface area contributed by atoms with E-state index in [1.54, 1.807) is 24.3 Å². The second-order valence-corrected chi connectivity index (χ2v) is 9.26. The average molecular weight is 503 g/mol. The minimum absolute atomic E-state index is 0.0116. The molecule has 0 saturated carbocycles. The van der Waals surface area contributed by atoms with Gasteiger partial charge < -0.3 is 14.8 Å². The third-order valence-corrected chi connectivity index (χ3v) is 5.66. The molecule has 0 radical (unpaired) electrons. The lowest BCUT2D eigenvalue weighted by Crippen LogP contribution is -2.17. The maximum Gasteiger partial charge on any atom is 0.573 e. The maximum atomic E-state index is 13.1. The van der Waals surface area contributed by atoms with Crippen LogP contribution in [0.3, 0.4) is 0 Å². The number of para-hydroxylation sites is 2. The number of nitrogens with one attached hydrogen (secondary N) is 1. The van der Waals surface area contributed by atoms with Crippen LogP contribution in [0.2, 0.25) is 0 Å². The van der Waals surface area contributed by atoms with E-state index in [1.807, 2.05) is 0 Å². The molecule has 0 bridgehead atoms. The van der Waals surface area contributed by atoms with Crippen LogP contribution in [0.1, 0.15) is 10.5 Å². The number of hydrogen-bond donors (Lipinski definition) is 1. The van der Waals surface area contributed by atoms with Crippen LogP contribution in [0.5, 0.6) is 17.4 Å². The van der Waals surface area contributed by atoms with Crippen LogP contribution in [-0.4, -0.2) is 36.9 Å². The summed E-state index contributed by atoms with van der Waals surface area (Å²) in [4.78, 5) is 21.7. The summed E-state index contributed by atoms with van der Waals surface area (Å²) in [5.41, 5.74) is 0.788. The van der Waals surface area contributed by atoms with E-state index in [4.69, 9.17) is 4.74 Å². The number of fused-ring (bicyclic) bond motifs is 1. The Kier molecular flexibility index (Phi) is 6.31. The number of rotatable bonds is 6. The van der Waals surface area contributed by atoms with Gasteiger partial charge in [0.15, 0.2) is 15.5 Å². The first kappa shape index (κ1) is 24.0. The van der Waals surface area contributed by atoms with E-state index in [1.165, 1.54) is 36.4 Å². The number of anilines is 1. The summed E-state index contributed by atoms with van der Waals surface area (Å²) in [5.74, 6) is -1.30. The largest absolute Gasteiger partial charge is 0.573 e. The van der Waals surface area contributed by atoms with Gasteiger partial charge in [0.25, 0.3) is 11.8 Å². The molecule has 3 aromatic carbocycles. The van der Waals surface area contributed by atoms with Crippen molar-refractivity contribution >= 4 is 32.5 Å². The monoisotopic (exact) mass is 503 g/mol. The molecule has 0 spiro atoms. The topological polar surface area (TPSA) is 107 Å². The van der Waals surface area contributed by atoms with Crippen molar-refractivity contribution in [3.8, 4) is 17.4 Å². The van der Waals surface area contributed by atoms with Gasteiger partial charge in [-0.25, -0.2) is 18.4 Å². The van der Waals surface area contributed by atoms with Crippen LogP contribution < -0.4 is 14.8 Å². The number of sulfone groups is 1. The van der Waals surface area contributed by atoms with Crippen LogP contribution in [0.4, 0.5) is 18.9 Å². The van der Waals surface area contributed by atoms with Crippen molar-refractivity contribution in [3.63, 3.8) is 0 Å². The van der Waals surface area contributed by atoms with Crippen molar-refractivity contribution < 1.29 is 35.9 Å². The first-order chi connectivity index (χ1) is 16.5. The van der Waals surface area contributed by atoms with Gasteiger partial charge in [-0.1, -0.05) is 18.2 Å². The summed E-state index contributed by atoms with van der Waals surface area (Å²) in [6.45, 7) is 0. The normalized spacial score (nSPS) is 11.8. The van der Waals surface area contributed by atoms with Gasteiger partial charge in [0, 0.05) is 11.9 Å². The Morgan fingerprint density at radius 2 is 1.51 bits per heavy atom. The lowest BCUT2D eigenvalue weighted by atomic mass is 10.2. The highest BCUT2D eigenvalue weighted by Crippen LogP contribution is 2.29. The van der Waals surface area contributed by atoms with E-state index in [0.29, 0.717) is 11.0 Å². The number of benzene rings is 3. The first-order valence-electron chi connectivity index (χ1n) is 9.90. The van der Waals surface area contributed by atoms with Crippen molar-refractivity contribution in [2.24, 2.45) is 0 Å². The van der Waals surface area contributed by atoms with Gasteiger partial charge in [-0.15, -0.1) is 13.2 Å². The molecule has 0 aliphatic carbocycles. The molecule has 0 unspecified atom stereocenters. The van der Waals surface area contributed by atoms with E-state index < -0.39 is 27.9 Å². The molecule has 4 aromatic rings. The highest BCUT2D eigenvalue weighted by Gasteiger charge is 2.31. The third kappa shape index (κ3) is 6.03. The molecule has 180 valence electrons. The lowest BCUT2D eigenvalue weighted by molar-refractivity contribution is -0.274. The van der Waals surface area contributed by atoms with Crippen molar-refractivity contribution in [2.45, 2.75) is 11.3 Å². The summed E-state index contributed by atoms with van der Waals surface area (Å²) in [5, 5.41) is 2.57. The Labute approximate surface area is 197 Å². The summed E-state index contributed by atoms with van der Waals surface area (Å²) in [7, 11) is -3.50. The van der Waals surface area contributed by atoms with Crippen LogP contribution in [0, 0.1) is 0 Å². The van der Waals surface area contributed by atoms with Gasteiger partial charge in [0.1, 0.15) is 11.5 Å². The van der Waals surface area contributed by atoms with E-state index in [0.717, 1.165) is 18.4 Å². The molecule has 0 fully saturated rings. The highest BCUT2D eigenvalue weighted by atomic mass is 32.2. The van der Waals surface area contributed by atoms with Crippen LogP contribution in [0.15, 0.2) is 77.7 Å². The fraction of sp³-hybridized carbons (Fsp3) is 0.0870. The predicted molar refractivity (Wildman–Crippen MR) is 120 cm³/mol. The second kappa shape index (κ2) is 9.22. The van der Waals surface area contributed by atoms with Crippen LogP contribution in [-0.2, 0) is 9.84 Å². The van der Waals surface area contributed by atoms with Gasteiger partial charge in [0.05, 0.1) is 15.9 Å². The van der Waals surface area contributed by atoms with Gasteiger partial charge in [-0.3, -0.25) is 4.79 Å². The molecule has 1 aromatic heterocycles.